The molecule has 1 atom stereocenters. The fourth-order valence-electron chi connectivity index (χ4n) is 3.95. The van der Waals surface area contributed by atoms with Gasteiger partial charge in [-0.25, -0.2) is 4.98 Å². The van der Waals surface area contributed by atoms with Crippen molar-refractivity contribution < 1.29 is 9.84 Å². The summed E-state index contributed by atoms with van der Waals surface area (Å²) >= 11 is 13.3. The van der Waals surface area contributed by atoms with Crippen LogP contribution in [0.25, 0.3) is 22.2 Å². The van der Waals surface area contributed by atoms with Crippen LogP contribution in [0.3, 0.4) is 0 Å². The number of nitrogens with zero attached hydrogens (tertiary/aromatic N) is 2. The van der Waals surface area contributed by atoms with Gasteiger partial charge in [0.15, 0.2) is 0 Å². The predicted molar refractivity (Wildman–Crippen MR) is 130 cm³/mol. The summed E-state index contributed by atoms with van der Waals surface area (Å²) in [5.41, 5.74) is 3.82. The van der Waals surface area contributed by atoms with E-state index in [4.69, 9.17) is 32.9 Å². The van der Waals surface area contributed by atoms with Crippen molar-refractivity contribution in [1.29, 1.82) is 5.26 Å². The molecule has 5 nitrogen and oxygen atoms in total. The number of imidazole rings is 1. The number of aromatic nitrogens is 2. The molecule has 0 bridgehead atoms. The Balaban J connectivity index is 1.50. The Kier molecular flexibility index (Phi) is 5.99. The number of hydrogen-bond acceptors (Lipinski definition) is 4. The van der Waals surface area contributed by atoms with Gasteiger partial charge in [-0.2, -0.15) is 5.26 Å². The third-order valence-electron chi connectivity index (χ3n) is 5.98. The lowest BCUT2D eigenvalue weighted by Gasteiger charge is -2.13. The first-order valence-electron chi connectivity index (χ1n) is 10.8. The van der Waals surface area contributed by atoms with Gasteiger partial charge in [0.05, 0.1) is 46.3 Å². The third kappa shape index (κ3) is 4.30. The number of halogens is 2. The van der Waals surface area contributed by atoms with Gasteiger partial charge in [0.2, 0.25) is 0 Å². The number of aliphatic hydroxyl groups is 1. The molecule has 3 aromatic carbocycles. The molecular weight excluding hydrogens is 457 g/mol. The zero-order chi connectivity index (χ0) is 22.9. The summed E-state index contributed by atoms with van der Waals surface area (Å²) in [6.45, 7) is 0.625. The standard InChI is InChI=1S/C26H21Cl2N3O2/c27-21-11-22-25(24(28)23(21)19-4-2-1-3-17(19)12-29)31-26(30-22)20(13-32)16-7-9-18(10-8-16)33-14-15-5-6-15/h1-4,7-11,15,20,32H,5-6,13-14H2,(H,30,31). The zero-order valence-corrected chi connectivity index (χ0v) is 19.2. The van der Waals surface area contributed by atoms with E-state index < -0.39 is 0 Å². The summed E-state index contributed by atoms with van der Waals surface area (Å²) in [7, 11) is 0. The van der Waals surface area contributed by atoms with Gasteiger partial charge in [0, 0.05) is 11.1 Å². The molecule has 166 valence electrons. The second kappa shape index (κ2) is 9.07. The molecule has 0 amide bonds. The highest BCUT2D eigenvalue weighted by Crippen LogP contribution is 2.41. The molecule has 1 fully saturated rings. The average Bonchev–Trinajstić information content (AvgIpc) is 3.57. The molecule has 1 aliphatic carbocycles. The van der Waals surface area contributed by atoms with E-state index in [1.165, 1.54) is 12.8 Å². The second-order valence-corrected chi connectivity index (χ2v) is 9.07. The number of ether oxygens (including phenoxy) is 1. The fourth-order valence-corrected chi connectivity index (χ4v) is 4.66. The van der Waals surface area contributed by atoms with Crippen LogP contribution in [-0.2, 0) is 0 Å². The van der Waals surface area contributed by atoms with Crippen LogP contribution in [0.4, 0.5) is 0 Å². The number of nitriles is 1. The Labute approximate surface area is 201 Å². The second-order valence-electron chi connectivity index (χ2n) is 8.28. The lowest BCUT2D eigenvalue weighted by molar-refractivity contribution is 0.277. The summed E-state index contributed by atoms with van der Waals surface area (Å²) in [6, 6.07) is 18.8. The molecule has 2 N–H and O–H groups in total. The Hall–Kier alpha value is -3.04. The minimum absolute atomic E-state index is 0.127. The smallest absolute Gasteiger partial charge is 0.119 e. The van der Waals surface area contributed by atoms with Crippen LogP contribution in [0.5, 0.6) is 5.75 Å². The summed E-state index contributed by atoms with van der Waals surface area (Å²) in [5, 5.41) is 20.4. The highest BCUT2D eigenvalue weighted by molar-refractivity contribution is 6.42. The van der Waals surface area contributed by atoms with Crippen molar-refractivity contribution in [2.24, 2.45) is 5.92 Å². The summed E-state index contributed by atoms with van der Waals surface area (Å²) in [5.74, 6) is 1.73. The maximum absolute atomic E-state index is 10.2. The molecule has 0 aliphatic heterocycles. The van der Waals surface area contributed by atoms with Gasteiger partial charge in [0.1, 0.15) is 17.1 Å². The van der Waals surface area contributed by atoms with Crippen LogP contribution >= 0.6 is 23.2 Å². The van der Waals surface area contributed by atoms with Crippen molar-refractivity contribution in [2.45, 2.75) is 18.8 Å². The molecule has 0 spiro atoms. The number of fused-ring (bicyclic) bond motifs is 1. The molecular formula is C26H21Cl2N3O2. The van der Waals surface area contributed by atoms with Crippen LogP contribution in [0.2, 0.25) is 10.0 Å². The van der Waals surface area contributed by atoms with Crippen molar-refractivity contribution in [3.05, 3.63) is 81.6 Å². The van der Waals surface area contributed by atoms with Gasteiger partial charge in [-0.1, -0.05) is 53.5 Å². The normalized spacial score (nSPS) is 14.2. The van der Waals surface area contributed by atoms with Crippen molar-refractivity contribution in [2.75, 3.05) is 13.2 Å². The first-order chi connectivity index (χ1) is 16.1. The Morgan fingerprint density at radius 3 is 2.61 bits per heavy atom. The SMILES string of the molecule is N#Cc1ccccc1-c1c(Cl)cc2[nH]c(C(CO)c3ccc(OCC4CC4)cc3)nc2c1Cl. The van der Waals surface area contributed by atoms with E-state index in [1.807, 2.05) is 36.4 Å². The Morgan fingerprint density at radius 2 is 1.91 bits per heavy atom. The molecule has 1 unspecified atom stereocenters. The van der Waals surface area contributed by atoms with E-state index in [9.17, 15) is 10.4 Å². The first-order valence-corrected chi connectivity index (χ1v) is 11.6. The molecule has 5 rings (SSSR count). The minimum atomic E-state index is -0.362. The predicted octanol–water partition coefficient (Wildman–Crippen LogP) is 6.32. The summed E-state index contributed by atoms with van der Waals surface area (Å²) < 4.78 is 5.81. The van der Waals surface area contributed by atoms with Crippen LogP contribution < -0.4 is 4.74 Å². The number of nitrogens with one attached hydrogen (secondary N) is 1. The van der Waals surface area contributed by atoms with Crippen LogP contribution in [-0.4, -0.2) is 28.3 Å². The molecule has 0 saturated heterocycles. The van der Waals surface area contributed by atoms with Crippen molar-refractivity contribution >= 4 is 34.2 Å². The van der Waals surface area contributed by atoms with E-state index in [0.29, 0.717) is 49.5 Å². The largest absolute Gasteiger partial charge is 0.493 e. The summed E-state index contributed by atoms with van der Waals surface area (Å²) in [6.07, 6.45) is 2.49. The van der Waals surface area contributed by atoms with Crippen LogP contribution in [0.15, 0.2) is 54.6 Å². The van der Waals surface area contributed by atoms with Crippen LogP contribution in [0.1, 0.15) is 35.7 Å². The summed E-state index contributed by atoms with van der Waals surface area (Å²) in [4.78, 5) is 7.97. The van der Waals surface area contributed by atoms with Gasteiger partial charge >= 0.3 is 0 Å². The highest BCUT2D eigenvalue weighted by atomic mass is 35.5. The highest BCUT2D eigenvalue weighted by Gasteiger charge is 2.23. The topological polar surface area (TPSA) is 81.9 Å². The molecule has 1 aromatic heterocycles. The van der Waals surface area contributed by atoms with Crippen molar-refractivity contribution in [3.63, 3.8) is 0 Å². The number of rotatable bonds is 7. The van der Waals surface area contributed by atoms with E-state index in [2.05, 4.69) is 11.1 Å². The molecule has 1 aliphatic rings. The van der Waals surface area contributed by atoms with E-state index in [-0.39, 0.29) is 12.5 Å². The van der Waals surface area contributed by atoms with Gasteiger partial charge in [-0.15, -0.1) is 0 Å². The molecule has 33 heavy (non-hydrogen) atoms. The molecule has 1 heterocycles. The zero-order valence-electron chi connectivity index (χ0n) is 17.7. The number of aliphatic hydroxyl groups excluding tert-OH is 1. The fraction of sp³-hybridized carbons (Fsp3) is 0.231. The molecule has 0 radical (unpaired) electrons. The first kappa shape index (κ1) is 21.8. The van der Waals surface area contributed by atoms with E-state index >= 15 is 0 Å². The monoisotopic (exact) mass is 477 g/mol. The Morgan fingerprint density at radius 1 is 1.15 bits per heavy atom. The lowest BCUT2D eigenvalue weighted by atomic mass is 9.99. The molecule has 4 aromatic rings. The van der Waals surface area contributed by atoms with Gasteiger partial charge in [0.25, 0.3) is 0 Å². The minimum Gasteiger partial charge on any atom is -0.493 e. The van der Waals surface area contributed by atoms with Crippen LogP contribution in [0, 0.1) is 17.2 Å². The number of aromatic amines is 1. The quantitative estimate of drug-likeness (QED) is 0.326. The van der Waals surface area contributed by atoms with Crippen molar-refractivity contribution in [1.82, 2.24) is 9.97 Å². The van der Waals surface area contributed by atoms with E-state index in [1.54, 1.807) is 18.2 Å². The van der Waals surface area contributed by atoms with Crippen molar-refractivity contribution in [3.8, 4) is 22.9 Å². The number of benzene rings is 3. The lowest BCUT2D eigenvalue weighted by Crippen LogP contribution is -2.08. The number of H-pyrrole nitrogens is 1. The maximum atomic E-state index is 10.2. The van der Waals surface area contributed by atoms with Gasteiger partial charge < -0.3 is 14.8 Å². The van der Waals surface area contributed by atoms with Gasteiger partial charge in [-0.3, -0.25) is 0 Å². The van der Waals surface area contributed by atoms with E-state index in [0.717, 1.165) is 17.9 Å². The molecule has 1 saturated carbocycles. The Bertz CT molecular complexity index is 1350. The maximum Gasteiger partial charge on any atom is 0.119 e. The van der Waals surface area contributed by atoms with Gasteiger partial charge in [-0.05, 0) is 48.6 Å². The third-order valence-corrected chi connectivity index (χ3v) is 6.65. The molecule has 7 heteroatoms. The number of hydrogen-bond donors (Lipinski definition) is 2. The average molecular weight is 478 g/mol.